The Morgan fingerprint density at radius 1 is 1.09 bits per heavy atom. The molecule has 1 unspecified atom stereocenters. The Morgan fingerprint density at radius 3 is 2.32 bits per heavy atom. The molecule has 4 rings (SSSR count). The van der Waals surface area contributed by atoms with Gasteiger partial charge in [-0.25, -0.2) is 0 Å². The maximum Gasteiger partial charge on any atom is 0.143 e. The molecule has 2 aromatic heterocycles. The van der Waals surface area contributed by atoms with Crippen molar-refractivity contribution < 1.29 is 10.2 Å². The van der Waals surface area contributed by atoms with E-state index in [-0.39, 0.29) is 5.41 Å². The highest BCUT2D eigenvalue weighted by Gasteiger charge is 2.55. The summed E-state index contributed by atoms with van der Waals surface area (Å²) in [5.41, 5.74) is 3.28. The molecule has 2 atom stereocenters. The van der Waals surface area contributed by atoms with E-state index >= 15 is 0 Å². The first-order chi connectivity index (χ1) is 16.0. The fourth-order valence-corrected chi connectivity index (χ4v) is 5.17. The molecule has 0 saturated carbocycles. The normalized spacial score (nSPS) is 18.0. The number of likely N-dealkylation sites (tertiary alicyclic amines) is 1. The van der Waals surface area contributed by atoms with Gasteiger partial charge in [-0.3, -0.25) is 9.67 Å². The third kappa shape index (κ3) is 4.27. The van der Waals surface area contributed by atoms with E-state index < -0.39 is 11.7 Å². The second-order valence-electron chi connectivity index (χ2n) is 10.2. The van der Waals surface area contributed by atoms with Crippen molar-refractivity contribution in [2.75, 3.05) is 20.1 Å². The first-order valence-electron chi connectivity index (χ1n) is 11.7. The van der Waals surface area contributed by atoms with Crippen molar-refractivity contribution in [3.63, 3.8) is 0 Å². The van der Waals surface area contributed by atoms with Gasteiger partial charge in [0.15, 0.2) is 0 Å². The van der Waals surface area contributed by atoms with Crippen LogP contribution in [0.1, 0.15) is 66.3 Å². The zero-order valence-corrected chi connectivity index (χ0v) is 20.9. The topological polar surface area (TPSA) is 74.4 Å². The zero-order valence-electron chi connectivity index (χ0n) is 20.9. The van der Waals surface area contributed by atoms with Crippen LogP contribution in [0.2, 0.25) is 0 Å². The van der Waals surface area contributed by atoms with Crippen LogP contribution in [0.25, 0.3) is 0 Å². The monoisotopic (exact) mass is 458 g/mol. The lowest BCUT2D eigenvalue weighted by molar-refractivity contribution is -0.127. The van der Waals surface area contributed by atoms with Crippen molar-refractivity contribution in [3.05, 3.63) is 82.4 Å². The number of aromatic nitrogens is 3. The summed E-state index contributed by atoms with van der Waals surface area (Å²) in [5, 5.41) is 27.2. The molecule has 1 aliphatic heterocycles. The van der Waals surface area contributed by atoms with Gasteiger partial charge in [-0.2, -0.15) is 5.10 Å². The van der Waals surface area contributed by atoms with Crippen LogP contribution in [0.4, 0.5) is 0 Å². The summed E-state index contributed by atoms with van der Waals surface area (Å²) in [6.07, 6.45) is 4.22. The summed E-state index contributed by atoms with van der Waals surface area (Å²) in [7, 11) is 3.88. The van der Waals surface area contributed by atoms with Gasteiger partial charge in [0.05, 0.1) is 5.69 Å². The van der Waals surface area contributed by atoms with Crippen LogP contribution in [0.3, 0.4) is 0 Å². The Morgan fingerprint density at radius 2 is 1.76 bits per heavy atom. The molecule has 3 heterocycles. The Labute approximate surface area is 202 Å². The van der Waals surface area contributed by atoms with Crippen LogP contribution in [0, 0.1) is 24.2 Å². The van der Waals surface area contributed by atoms with E-state index in [1.165, 1.54) is 5.56 Å². The molecule has 0 radical (unpaired) electrons. The van der Waals surface area contributed by atoms with Crippen LogP contribution in [-0.2, 0) is 12.6 Å². The van der Waals surface area contributed by atoms with Gasteiger partial charge in [-0.05, 0) is 37.1 Å². The van der Waals surface area contributed by atoms with Gasteiger partial charge < -0.3 is 15.1 Å². The molecular weight excluding hydrogens is 424 g/mol. The standard InChI is InChI=1S/C28H34N4O2/c1-19(2)22-8-10-23(11-9-22)28(34,27(4)17-31(5)18-27)24-13-21(14-29-15-24)7-12-26(33)25-16-32(6)30-20(25)3/h8-11,13-16,19,26,33-34H,17-18H2,1-6H3/t26?,28-/m0/s1. The van der Waals surface area contributed by atoms with Gasteiger partial charge in [0.2, 0.25) is 0 Å². The minimum atomic E-state index is -1.22. The van der Waals surface area contributed by atoms with E-state index in [9.17, 15) is 10.2 Å². The van der Waals surface area contributed by atoms with Gasteiger partial charge in [-0.1, -0.05) is 56.9 Å². The van der Waals surface area contributed by atoms with Crippen LogP contribution in [0.15, 0.2) is 48.9 Å². The summed E-state index contributed by atoms with van der Waals surface area (Å²) in [5.74, 6) is 6.37. The summed E-state index contributed by atoms with van der Waals surface area (Å²) in [4.78, 5) is 6.62. The van der Waals surface area contributed by atoms with E-state index in [1.54, 1.807) is 23.3 Å². The van der Waals surface area contributed by atoms with Gasteiger partial charge >= 0.3 is 0 Å². The number of hydrogen-bond acceptors (Lipinski definition) is 5. The summed E-state index contributed by atoms with van der Waals surface area (Å²) in [6.45, 7) is 9.84. The van der Waals surface area contributed by atoms with Gasteiger partial charge in [-0.15, -0.1) is 0 Å². The molecule has 0 spiro atoms. The largest absolute Gasteiger partial charge is 0.380 e. The van der Waals surface area contributed by atoms with E-state index in [4.69, 9.17) is 0 Å². The molecule has 2 N–H and O–H groups in total. The quantitative estimate of drug-likeness (QED) is 0.573. The second kappa shape index (κ2) is 8.99. The van der Waals surface area contributed by atoms with Crippen molar-refractivity contribution in [2.45, 2.75) is 45.3 Å². The average Bonchev–Trinajstić information content (AvgIpc) is 3.14. The number of benzene rings is 1. The Balaban J connectivity index is 1.72. The van der Waals surface area contributed by atoms with E-state index in [0.717, 1.165) is 24.3 Å². The SMILES string of the molecule is Cc1nn(C)cc1C(O)C#Cc1cncc([C@@](O)(c2ccc(C(C)C)cc2)C2(C)CN(C)C2)c1. The average molecular weight is 459 g/mol. The van der Waals surface area contributed by atoms with E-state index in [1.807, 2.05) is 32.2 Å². The fraction of sp³-hybridized carbons (Fsp3) is 0.429. The minimum Gasteiger partial charge on any atom is -0.380 e. The highest BCUT2D eigenvalue weighted by Crippen LogP contribution is 2.50. The van der Waals surface area contributed by atoms with Crippen molar-refractivity contribution in [1.82, 2.24) is 19.7 Å². The smallest absolute Gasteiger partial charge is 0.143 e. The lowest BCUT2D eigenvalue weighted by atomic mass is 9.62. The molecule has 178 valence electrons. The minimum absolute atomic E-state index is 0.374. The van der Waals surface area contributed by atoms with E-state index in [2.05, 4.69) is 66.8 Å². The van der Waals surface area contributed by atoms with Crippen molar-refractivity contribution in [3.8, 4) is 11.8 Å². The number of rotatable bonds is 5. The van der Waals surface area contributed by atoms with Gasteiger partial charge in [0.1, 0.15) is 11.7 Å². The van der Waals surface area contributed by atoms with Crippen LogP contribution >= 0.6 is 0 Å². The van der Waals surface area contributed by atoms with Gasteiger partial charge in [0, 0.05) is 60.8 Å². The molecule has 6 nitrogen and oxygen atoms in total. The zero-order chi connectivity index (χ0) is 24.7. The molecule has 34 heavy (non-hydrogen) atoms. The fourth-order valence-electron chi connectivity index (χ4n) is 5.17. The molecule has 0 amide bonds. The van der Waals surface area contributed by atoms with Gasteiger partial charge in [0.25, 0.3) is 0 Å². The predicted octanol–water partition coefficient (Wildman–Crippen LogP) is 3.52. The Kier molecular flexibility index (Phi) is 6.39. The lowest BCUT2D eigenvalue weighted by Gasteiger charge is -2.55. The molecule has 0 aliphatic carbocycles. The highest BCUT2D eigenvalue weighted by atomic mass is 16.3. The van der Waals surface area contributed by atoms with Crippen molar-refractivity contribution in [2.24, 2.45) is 12.5 Å². The lowest BCUT2D eigenvalue weighted by Crippen LogP contribution is -2.63. The van der Waals surface area contributed by atoms with Crippen molar-refractivity contribution >= 4 is 0 Å². The molecule has 6 heteroatoms. The first kappa shape index (κ1) is 24.2. The van der Waals surface area contributed by atoms with E-state index in [0.29, 0.717) is 22.6 Å². The Bertz CT molecular complexity index is 1230. The third-order valence-electron chi connectivity index (χ3n) is 6.96. The highest BCUT2D eigenvalue weighted by molar-refractivity contribution is 5.45. The maximum absolute atomic E-state index is 12.3. The predicted molar refractivity (Wildman–Crippen MR) is 133 cm³/mol. The molecule has 1 fully saturated rings. The molecule has 1 saturated heterocycles. The summed E-state index contributed by atoms with van der Waals surface area (Å²) >= 11 is 0. The number of aryl methyl sites for hydroxylation is 2. The molecule has 3 aromatic rings. The number of aliphatic hydroxyl groups excluding tert-OH is 1. The number of nitrogens with zero attached hydrogens (tertiary/aromatic N) is 4. The maximum atomic E-state index is 12.3. The Hall–Kier alpha value is -2.98. The van der Waals surface area contributed by atoms with Crippen LogP contribution in [0.5, 0.6) is 0 Å². The number of pyridine rings is 1. The molecule has 1 aliphatic rings. The van der Waals surface area contributed by atoms with Crippen LogP contribution < -0.4 is 0 Å². The van der Waals surface area contributed by atoms with Crippen molar-refractivity contribution in [1.29, 1.82) is 0 Å². The number of hydrogen-bond donors (Lipinski definition) is 2. The summed E-state index contributed by atoms with van der Waals surface area (Å²) in [6, 6.07) is 10.2. The van der Waals surface area contributed by atoms with Crippen LogP contribution in [-0.4, -0.2) is 50.0 Å². The first-order valence-corrected chi connectivity index (χ1v) is 11.7. The molecular formula is C28H34N4O2. The number of aliphatic hydroxyl groups is 2. The molecule has 0 bridgehead atoms. The molecule has 1 aromatic carbocycles. The second-order valence-corrected chi connectivity index (χ2v) is 10.2. The summed E-state index contributed by atoms with van der Waals surface area (Å²) < 4.78 is 1.67. The third-order valence-corrected chi connectivity index (χ3v) is 6.96.